The number of β-amino-alcohol motifs (C(OH)–C–C–N with tert-alkyl or cyclic N) is 1. The number of piperidine rings is 1. The van der Waals surface area contributed by atoms with Crippen molar-refractivity contribution in [3.8, 4) is 0 Å². The highest BCUT2D eigenvalue weighted by molar-refractivity contribution is 5.95. The Bertz CT molecular complexity index is 639. The summed E-state index contributed by atoms with van der Waals surface area (Å²) in [6.45, 7) is 1.17. The van der Waals surface area contributed by atoms with Gasteiger partial charge in [-0.05, 0) is 36.5 Å². The molecule has 1 saturated heterocycles. The third-order valence-electron chi connectivity index (χ3n) is 4.17. The van der Waals surface area contributed by atoms with Gasteiger partial charge in [-0.1, -0.05) is 48.5 Å². The molecule has 0 aromatic heterocycles. The zero-order valence-electron chi connectivity index (χ0n) is 12.6. The number of carbonyl (C=O) groups is 1. The molecule has 22 heavy (non-hydrogen) atoms. The first-order valence-electron chi connectivity index (χ1n) is 7.83. The molecular formula is C19H21NO2. The number of likely N-dealkylation sites (tertiary alicyclic amines) is 1. The summed E-state index contributed by atoms with van der Waals surface area (Å²) in [4.78, 5) is 14.5. The lowest BCUT2D eigenvalue weighted by atomic mass is 9.98. The number of benzene rings is 2. The molecule has 1 aliphatic heterocycles. The van der Waals surface area contributed by atoms with Crippen molar-refractivity contribution in [2.24, 2.45) is 0 Å². The van der Waals surface area contributed by atoms with Gasteiger partial charge in [0.1, 0.15) is 0 Å². The maximum atomic E-state index is 12.8. The van der Waals surface area contributed by atoms with Crippen LogP contribution in [0, 0.1) is 0 Å². The highest BCUT2D eigenvalue weighted by Gasteiger charge is 2.24. The van der Waals surface area contributed by atoms with Crippen LogP contribution in [0.15, 0.2) is 54.6 Å². The topological polar surface area (TPSA) is 40.5 Å². The normalized spacial score (nSPS) is 18.2. The van der Waals surface area contributed by atoms with Crippen molar-refractivity contribution in [3.63, 3.8) is 0 Å². The summed E-state index contributed by atoms with van der Waals surface area (Å²) < 4.78 is 0. The number of rotatable bonds is 3. The maximum absolute atomic E-state index is 12.8. The average Bonchev–Trinajstić information content (AvgIpc) is 2.56. The molecule has 0 saturated carbocycles. The number of aliphatic hydroxyl groups excluding tert-OH is 1. The van der Waals surface area contributed by atoms with Crippen LogP contribution in [-0.4, -0.2) is 35.1 Å². The van der Waals surface area contributed by atoms with Crippen molar-refractivity contribution in [2.45, 2.75) is 25.4 Å². The second kappa shape index (κ2) is 6.75. The Morgan fingerprint density at radius 3 is 2.59 bits per heavy atom. The van der Waals surface area contributed by atoms with Crippen LogP contribution in [0.25, 0.3) is 0 Å². The van der Waals surface area contributed by atoms with Gasteiger partial charge in [0.2, 0.25) is 0 Å². The van der Waals surface area contributed by atoms with Crippen molar-refractivity contribution < 1.29 is 9.90 Å². The smallest absolute Gasteiger partial charge is 0.254 e. The predicted octanol–water partition coefficient (Wildman–Crippen LogP) is 2.87. The molecule has 3 heteroatoms. The molecule has 1 fully saturated rings. The van der Waals surface area contributed by atoms with Crippen molar-refractivity contribution >= 4 is 5.91 Å². The van der Waals surface area contributed by atoms with Gasteiger partial charge in [-0.3, -0.25) is 4.79 Å². The summed E-state index contributed by atoms with van der Waals surface area (Å²) in [6.07, 6.45) is 2.02. The van der Waals surface area contributed by atoms with Gasteiger partial charge in [-0.2, -0.15) is 0 Å². The molecule has 1 unspecified atom stereocenters. The van der Waals surface area contributed by atoms with Crippen LogP contribution in [0.5, 0.6) is 0 Å². The summed E-state index contributed by atoms with van der Waals surface area (Å²) in [7, 11) is 0. The first-order chi connectivity index (χ1) is 10.7. The number of carbonyl (C=O) groups excluding carboxylic acids is 1. The van der Waals surface area contributed by atoms with Gasteiger partial charge in [-0.15, -0.1) is 0 Å². The molecule has 3 rings (SSSR count). The summed E-state index contributed by atoms with van der Waals surface area (Å²) in [6, 6.07) is 18.0. The standard InChI is InChI=1S/C19H21NO2/c21-17-10-6-12-20(14-17)19(22)18-11-5-4-9-16(18)13-15-7-2-1-3-8-15/h1-5,7-9,11,17,21H,6,10,12-14H2. The van der Waals surface area contributed by atoms with Crippen LogP contribution in [0.3, 0.4) is 0 Å². The zero-order chi connectivity index (χ0) is 15.4. The summed E-state index contributed by atoms with van der Waals surface area (Å²) >= 11 is 0. The first kappa shape index (κ1) is 14.8. The third-order valence-corrected chi connectivity index (χ3v) is 4.17. The molecule has 1 aliphatic rings. The zero-order valence-corrected chi connectivity index (χ0v) is 12.6. The lowest BCUT2D eigenvalue weighted by Crippen LogP contribution is -2.42. The molecule has 0 radical (unpaired) electrons. The Kier molecular flexibility index (Phi) is 4.54. The van der Waals surface area contributed by atoms with Crippen LogP contribution < -0.4 is 0 Å². The first-order valence-corrected chi connectivity index (χ1v) is 7.83. The molecule has 1 atom stereocenters. The summed E-state index contributed by atoms with van der Waals surface area (Å²) in [5.74, 6) is 0.0327. The lowest BCUT2D eigenvalue weighted by molar-refractivity contribution is 0.0473. The number of nitrogens with zero attached hydrogens (tertiary/aromatic N) is 1. The van der Waals surface area contributed by atoms with Crippen molar-refractivity contribution in [1.29, 1.82) is 0 Å². The molecule has 1 heterocycles. The molecule has 0 aliphatic carbocycles. The van der Waals surface area contributed by atoms with E-state index in [0.29, 0.717) is 6.54 Å². The summed E-state index contributed by atoms with van der Waals surface area (Å²) in [5.41, 5.74) is 2.99. The quantitative estimate of drug-likeness (QED) is 0.946. The Morgan fingerprint density at radius 1 is 1.09 bits per heavy atom. The molecule has 114 valence electrons. The molecule has 2 aromatic rings. The fourth-order valence-corrected chi connectivity index (χ4v) is 3.01. The Morgan fingerprint density at radius 2 is 1.82 bits per heavy atom. The van der Waals surface area contributed by atoms with E-state index in [9.17, 15) is 9.90 Å². The van der Waals surface area contributed by atoms with E-state index in [1.807, 2.05) is 42.5 Å². The number of hydrogen-bond donors (Lipinski definition) is 1. The molecular weight excluding hydrogens is 274 g/mol. The van der Waals surface area contributed by atoms with Gasteiger partial charge in [0, 0.05) is 18.7 Å². The van der Waals surface area contributed by atoms with Crippen molar-refractivity contribution in [1.82, 2.24) is 4.90 Å². The van der Waals surface area contributed by atoms with E-state index in [2.05, 4.69) is 12.1 Å². The lowest BCUT2D eigenvalue weighted by Gasteiger charge is -2.30. The largest absolute Gasteiger partial charge is 0.391 e. The second-order valence-corrected chi connectivity index (χ2v) is 5.87. The Balaban J connectivity index is 1.83. The second-order valence-electron chi connectivity index (χ2n) is 5.87. The van der Waals surface area contributed by atoms with E-state index in [4.69, 9.17) is 0 Å². The van der Waals surface area contributed by atoms with Crippen LogP contribution >= 0.6 is 0 Å². The summed E-state index contributed by atoms with van der Waals surface area (Å²) in [5, 5.41) is 9.79. The number of hydrogen-bond acceptors (Lipinski definition) is 2. The molecule has 0 bridgehead atoms. The van der Waals surface area contributed by atoms with E-state index in [1.54, 1.807) is 4.90 Å². The minimum Gasteiger partial charge on any atom is -0.391 e. The average molecular weight is 295 g/mol. The fraction of sp³-hybridized carbons (Fsp3) is 0.316. The van der Waals surface area contributed by atoms with Gasteiger partial charge >= 0.3 is 0 Å². The van der Waals surface area contributed by atoms with Crippen LogP contribution in [0.4, 0.5) is 0 Å². The highest BCUT2D eigenvalue weighted by Crippen LogP contribution is 2.19. The monoisotopic (exact) mass is 295 g/mol. The molecule has 3 nitrogen and oxygen atoms in total. The van der Waals surface area contributed by atoms with Gasteiger partial charge in [0.15, 0.2) is 0 Å². The van der Waals surface area contributed by atoms with E-state index in [1.165, 1.54) is 5.56 Å². The van der Waals surface area contributed by atoms with Crippen molar-refractivity contribution in [2.75, 3.05) is 13.1 Å². The van der Waals surface area contributed by atoms with Gasteiger partial charge < -0.3 is 10.0 Å². The highest BCUT2D eigenvalue weighted by atomic mass is 16.3. The van der Waals surface area contributed by atoms with E-state index in [0.717, 1.165) is 36.9 Å². The predicted molar refractivity (Wildman–Crippen MR) is 86.8 cm³/mol. The van der Waals surface area contributed by atoms with E-state index >= 15 is 0 Å². The maximum Gasteiger partial charge on any atom is 0.254 e. The third kappa shape index (κ3) is 3.37. The fourth-order valence-electron chi connectivity index (χ4n) is 3.01. The van der Waals surface area contributed by atoms with E-state index in [-0.39, 0.29) is 12.0 Å². The van der Waals surface area contributed by atoms with Crippen molar-refractivity contribution in [3.05, 3.63) is 71.3 Å². The van der Waals surface area contributed by atoms with Gasteiger partial charge in [-0.25, -0.2) is 0 Å². The van der Waals surface area contributed by atoms with Crippen LogP contribution in [0.1, 0.15) is 34.3 Å². The minimum absolute atomic E-state index is 0.0327. The Labute approximate surface area is 131 Å². The van der Waals surface area contributed by atoms with Gasteiger partial charge in [0.05, 0.1) is 6.10 Å². The molecule has 2 aromatic carbocycles. The van der Waals surface area contributed by atoms with Gasteiger partial charge in [0.25, 0.3) is 5.91 Å². The van der Waals surface area contributed by atoms with Crippen LogP contribution in [-0.2, 0) is 6.42 Å². The minimum atomic E-state index is -0.390. The molecule has 1 amide bonds. The van der Waals surface area contributed by atoms with Crippen LogP contribution in [0.2, 0.25) is 0 Å². The SMILES string of the molecule is O=C(c1ccccc1Cc1ccccc1)N1CCCC(O)C1. The molecule has 0 spiro atoms. The molecule has 1 N–H and O–H groups in total. The number of amides is 1. The van der Waals surface area contributed by atoms with E-state index < -0.39 is 0 Å². The number of aliphatic hydroxyl groups is 1. The Hall–Kier alpha value is -2.13.